The molecule has 0 aliphatic rings. The minimum Gasteiger partial charge on any atom is -0.378 e. The molecule has 0 bridgehead atoms. The Morgan fingerprint density at radius 1 is 0.727 bits per heavy atom. The zero-order valence-electron chi connectivity index (χ0n) is 15.2. The summed E-state index contributed by atoms with van der Waals surface area (Å²) in [6.45, 7) is 15.8. The lowest BCUT2D eigenvalue weighted by Gasteiger charge is -2.09. The van der Waals surface area contributed by atoms with Crippen LogP contribution in [0, 0.1) is 5.92 Å². The van der Waals surface area contributed by atoms with Crippen LogP contribution in [0.15, 0.2) is 0 Å². The fraction of sp³-hybridized carbons (Fsp3) is 1.00. The molecule has 0 spiro atoms. The monoisotopic (exact) mass is 322 g/mol. The highest BCUT2D eigenvalue weighted by atomic mass is 16.5. The molecule has 0 saturated heterocycles. The molecule has 0 unspecified atom stereocenters. The van der Waals surface area contributed by atoms with Crippen LogP contribution in [0.5, 0.6) is 0 Å². The summed E-state index contributed by atoms with van der Waals surface area (Å²) in [5.41, 5.74) is 0. The zero-order valence-corrected chi connectivity index (χ0v) is 15.2. The van der Waals surface area contributed by atoms with Gasteiger partial charge >= 0.3 is 0 Å². The van der Waals surface area contributed by atoms with Crippen molar-refractivity contribution in [2.24, 2.45) is 5.92 Å². The van der Waals surface area contributed by atoms with E-state index in [1.54, 1.807) is 0 Å². The van der Waals surface area contributed by atoms with Gasteiger partial charge in [0, 0.05) is 22.0 Å². The van der Waals surface area contributed by atoms with Crippen LogP contribution in [0.2, 0.25) is 0 Å². The zero-order chi connectivity index (χ0) is 16.5. The van der Waals surface area contributed by atoms with E-state index in [1.165, 1.54) is 12.8 Å². The number of rotatable bonds is 17. The van der Waals surface area contributed by atoms with Crippen molar-refractivity contribution < 1.29 is 17.1 Å². The second kappa shape index (κ2) is 17.2. The van der Waals surface area contributed by atoms with Crippen molar-refractivity contribution in [3.05, 3.63) is 0 Å². The summed E-state index contributed by atoms with van der Waals surface area (Å²) >= 11 is 0. The predicted octanol–water partition coefficient (Wildman–Crippen LogP) is 2.55. The molecule has 5 nitrogen and oxygen atoms in total. The molecule has 0 atom stereocenters. The molecule has 0 aromatic heterocycles. The molecular weight excluding hydrogens is 280 g/mol. The molecule has 0 amide bonds. The molecule has 0 aromatic rings. The highest BCUT2D eigenvalue weighted by molar-refractivity contribution is 4.51. The Labute approximate surface area is 140 Å². The molecule has 0 fully saturated rings. The van der Waals surface area contributed by atoms with E-state index in [0.717, 1.165) is 38.8 Å². The van der Waals surface area contributed by atoms with Crippen molar-refractivity contribution in [3.8, 4) is 0 Å². The first-order valence-electron chi connectivity index (χ1n) is 8.80. The topological polar surface area (TPSA) is 51.8 Å². The van der Waals surface area contributed by atoms with Crippen molar-refractivity contribution in [1.29, 1.82) is 0 Å². The molecule has 0 aliphatic carbocycles. The van der Waals surface area contributed by atoms with Crippen LogP contribution in [-0.4, -0.2) is 65.3 Å². The van der Waals surface area contributed by atoms with Crippen LogP contribution in [-0.2, 0) is 14.2 Å². The molecule has 0 rings (SSSR count). The van der Waals surface area contributed by atoms with Gasteiger partial charge in [-0.2, -0.15) is 0 Å². The Bertz CT molecular complexity index is 202. The maximum absolute atomic E-state index is 5.49. The average Bonchev–Trinajstić information content (AvgIpc) is 2.46. The van der Waals surface area contributed by atoms with Gasteiger partial charge in [-0.25, -0.2) is 0 Å². The molecule has 22 heavy (non-hydrogen) atoms. The molecule has 5 heteroatoms. The van der Waals surface area contributed by atoms with E-state index in [0.29, 0.717) is 32.5 Å². The first kappa shape index (κ1) is 21.8. The normalized spacial score (nSPS) is 11.7. The fourth-order valence-corrected chi connectivity index (χ4v) is 1.87. The molecule has 138 valence electrons. The van der Waals surface area contributed by atoms with E-state index in [9.17, 15) is 0 Å². The average molecular weight is 323 g/mol. The molecule has 0 saturated carbocycles. The van der Waals surface area contributed by atoms with E-state index in [2.05, 4.69) is 38.3 Å². The molecule has 0 heterocycles. The maximum atomic E-state index is 5.49. The van der Waals surface area contributed by atoms with E-state index < -0.39 is 0 Å². The maximum Gasteiger partial charge on any atom is 0.0701 e. The lowest BCUT2D eigenvalue weighted by atomic mass is 10.1. The second-order valence-corrected chi connectivity index (χ2v) is 6.23. The summed E-state index contributed by atoms with van der Waals surface area (Å²) < 4.78 is 16.4. The third-order valence-corrected chi connectivity index (χ3v) is 3.10. The van der Waals surface area contributed by atoms with Gasteiger partial charge < -0.3 is 24.8 Å². The van der Waals surface area contributed by atoms with Gasteiger partial charge in [-0.05, 0) is 25.3 Å². The van der Waals surface area contributed by atoms with Crippen LogP contribution in [0.4, 0.5) is 0 Å². The van der Waals surface area contributed by atoms with Crippen molar-refractivity contribution in [2.75, 3.05) is 59.3 Å². The molecular formula is C17H42N2O3. The van der Waals surface area contributed by atoms with E-state index in [-0.39, 0.29) is 2.85 Å². The van der Waals surface area contributed by atoms with Crippen LogP contribution < -0.4 is 10.6 Å². The fourth-order valence-electron chi connectivity index (χ4n) is 1.87. The van der Waals surface area contributed by atoms with E-state index in [4.69, 9.17) is 14.2 Å². The Morgan fingerprint density at radius 3 is 1.82 bits per heavy atom. The van der Waals surface area contributed by atoms with Crippen molar-refractivity contribution in [3.63, 3.8) is 0 Å². The smallest absolute Gasteiger partial charge is 0.0701 e. The minimum atomic E-state index is 0. The third kappa shape index (κ3) is 19.8. The minimum absolute atomic E-state index is 0. The van der Waals surface area contributed by atoms with Crippen LogP contribution in [0.3, 0.4) is 0 Å². The Balaban J connectivity index is -0.00000220. The van der Waals surface area contributed by atoms with Gasteiger partial charge in [0.1, 0.15) is 0 Å². The molecule has 0 aromatic carbocycles. The predicted molar refractivity (Wildman–Crippen MR) is 96.8 cm³/mol. The van der Waals surface area contributed by atoms with Crippen molar-refractivity contribution >= 4 is 0 Å². The van der Waals surface area contributed by atoms with Gasteiger partial charge in [0.15, 0.2) is 0 Å². The summed E-state index contributed by atoms with van der Waals surface area (Å²) in [6.07, 6.45) is 2.53. The summed E-state index contributed by atoms with van der Waals surface area (Å²) in [5.74, 6) is 0.797. The molecule has 2 N–H and O–H groups in total. The Hall–Kier alpha value is -0.200. The van der Waals surface area contributed by atoms with Gasteiger partial charge in [0.2, 0.25) is 0 Å². The van der Waals surface area contributed by atoms with Crippen molar-refractivity contribution in [2.45, 2.75) is 46.6 Å². The van der Waals surface area contributed by atoms with E-state index in [1.807, 2.05) is 0 Å². The SMILES string of the molecule is CC(C)CCCNCCOCCOCCOCCNC(C)C.[HH].[HH]. The second-order valence-electron chi connectivity index (χ2n) is 6.23. The van der Waals surface area contributed by atoms with Crippen LogP contribution >= 0.6 is 0 Å². The summed E-state index contributed by atoms with van der Waals surface area (Å²) in [6, 6.07) is 0.515. The van der Waals surface area contributed by atoms with Crippen molar-refractivity contribution in [1.82, 2.24) is 10.6 Å². The first-order valence-corrected chi connectivity index (χ1v) is 8.80. The standard InChI is InChI=1S/C17H38N2O3.2H2/c1-16(2)6-5-7-18-8-10-20-12-14-22-15-13-21-11-9-19-17(3)4;;/h16-19H,5-15H2,1-4H3;2*1H. The van der Waals surface area contributed by atoms with E-state index >= 15 is 0 Å². The van der Waals surface area contributed by atoms with Crippen LogP contribution in [0.25, 0.3) is 0 Å². The Kier molecular flexibility index (Phi) is 17.0. The summed E-state index contributed by atoms with van der Waals surface area (Å²) in [4.78, 5) is 0. The number of nitrogens with one attached hydrogen (secondary N) is 2. The van der Waals surface area contributed by atoms with Gasteiger partial charge in [-0.3, -0.25) is 0 Å². The van der Waals surface area contributed by atoms with Gasteiger partial charge in [0.25, 0.3) is 0 Å². The number of hydrogen-bond donors (Lipinski definition) is 2. The highest BCUT2D eigenvalue weighted by Gasteiger charge is 1.95. The summed E-state index contributed by atoms with van der Waals surface area (Å²) in [5, 5.41) is 6.69. The quantitative estimate of drug-likeness (QED) is 0.403. The lowest BCUT2D eigenvalue weighted by Crippen LogP contribution is -2.27. The van der Waals surface area contributed by atoms with Gasteiger partial charge in [0.05, 0.1) is 39.6 Å². The van der Waals surface area contributed by atoms with Gasteiger partial charge in [-0.1, -0.05) is 27.7 Å². The van der Waals surface area contributed by atoms with Crippen LogP contribution in [0.1, 0.15) is 43.4 Å². The first-order chi connectivity index (χ1) is 10.6. The Morgan fingerprint density at radius 2 is 1.27 bits per heavy atom. The summed E-state index contributed by atoms with van der Waals surface area (Å²) in [7, 11) is 0. The van der Waals surface area contributed by atoms with Gasteiger partial charge in [-0.15, -0.1) is 0 Å². The number of hydrogen-bond acceptors (Lipinski definition) is 5. The third-order valence-electron chi connectivity index (χ3n) is 3.10. The molecule has 0 aliphatic heterocycles. The largest absolute Gasteiger partial charge is 0.378 e. The highest BCUT2D eigenvalue weighted by Crippen LogP contribution is 2.01. The lowest BCUT2D eigenvalue weighted by molar-refractivity contribution is 0.0155. The number of ether oxygens (including phenoxy) is 3. The molecule has 0 radical (unpaired) electrons.